The molecule has 0 spiro atoms. The molecule has 1 aromatic heterocycles. The molecule has 6 nitrogen and oxygen atoms in total. The number of nitrogens with one attached hydrogen (secondary N) is 2. The van der Waals surface area contributed by atoms with E-state index >= 15 is 0 Å². The number of rotatable bonds is 3. The zero-order valence-electron chi connectivity index (χ0n) is 9.94. The van der Waals surface area contributed by atoms with E-state index in [1.54, 1.807) is 24.3 Å². The van der Waals surface area contributed by atoms with Gasteiger partial charge in [-0.05, 0) is 29.7 Å². The summed E-state index contributed by atoms with van der Waals surface area (Å²) in [5.74, 6) is 0.102. The molecular formula is C12H12N2O4. The summed E-state index contributed by atoms with van der Waals surface area (Å²) in [6, 6.07) is 6.58. The van der Waals surface area contributed by atoms with Crippen LogP contribution < -0.4 is 15.8 Å². The third kappa shape index (κ3) is 2.18. The first-order valence-electron chi connectivity index (χ1n) is 5.20. The molecule has 0 saturated carbocycles. The van der Waals surface area contributed by atoms with Crippen molar-refractivity contribution in [2.24, 2.45) is 0 Å². The number of hydrogen-bond donors (Lipinski definition) is 2. The van der Waals surface area contributed by atoms with E-state index < -0.39 is 5.91 Å². The van der Waals surface area contributed by atoms with Crippen LogP contribution in [-0.2, 0) is 4.84 Å². The molecule has 0 fully saturated rings. The summed E-state index contributed by atoms with van der Waals surface area (Å²) in [7, 11) is 2.85. The Bertz CT molecular complexity index is 648. The van der Waals surface area contributed by atoms with Crippen LogP contribution in [0, 0.1) is 0 Å². The number of amides is 1. The van der Waals surface area contributed by atoms with E-state index in [0.717, 1.165) is 0 Å². The van der Waals surface area contributed by atoms with Crippen molar-refractivity contribution in [2.45, 2.75) is 0 Å². The minimum absolute atomic E-state index is 0.127. The van der Waals surface area contributed by atoms with Gasteiger partial charge >= 0.3 is 0 Å². The molecule has 1 heterocycles. The Morgan fingerprint density at radius 2 is 2.06 bits per heavy atom. The second-order valence-electron chi connectivity index (χ2n) is 3.60. The van der Waals surface area contributed by atoms with Crippen molar-refractivity contribution in [3.63, 3.8) is 0 Å². The number of fused-ring (bicyclic) bond motifs is 1. The summed E-state index contributed by atoms with van der Waals surface area (Å²) in [5, 5.41) is 1.11. The quantitative estimate of drug-likeness (QED) is 0.788. The minimum atomic E-state index is -0.515. The van der Waals surface area contributed by atoms with E-state index in [1.807, 2.05) is 0 Å². The summed E-state index contributed by atoms with van der Waals surface area (Å²) in [6.45, 7) is 0. The molecule has 2 rings (SSSR count). The van der Waals surface area contributed by atoms with Crippen molar-refractivity contribution in [3.05, 3.63) is 40.3 Å². The molecule has 18 heavy (non-hydrogen) atoms. The Kier molecular flexibility index (Phi) is 3.29. The number of aromatic amines is 1. The molecule has 94 valence electrons. The van der Waals surface area contributed by atoms with Gasteiger partial charge in [0.25, 0.3) is 11.5 Å². The number of hydrogen-bond acceptors (Lipinski definition) is 4. The number of carbonyl (C=O) groups is 1. The van der Waals surface area contributed by atoms with Crippen molar-refractivity contribution in [1.29, 1.82) is 0 Å². The van der Waals surface area contributed by atoms with Crippen LogP contribution in [0.25, 0.3) is 10.8 Å². The van der Waals surface area contributed by atoms with Gasteiger partial charge in [0.2, 0.25) is 0 Å². The average Bonchev–Trinajstić information content (AvgIpc) is 2.38. The third-order valence-electron chi connectivity index (χ3n) is 2.49. The van der Waals surface area contributed by atoms with Crippen LogP contribution in [0.2, 0.25) is 0 Å². The average molecular weight is 248 g/mol. The first-order chi connectivity index (χ1) is 8.65. The van der Waals surface area contributed by atoms with Gasteiger partial charge in [0.05, 0.1) is 14.2 Å². The zero-order chi connectivity index (χ0) is 13.1. The normalized spacial score (nSPS) is 10.3. The standard InChI is InChI=1S/C12H12N2O4/c1-17-8-3-4-9-7(5-8)6-10(13-11(9)15)12(16)14-18-2/h3-6H,1-2H3,(H,13,15)(H,14,16). The van der Waals surface area contributed by atoms with Gasteiger partial charge in [0, 0.05) is 5.39 Å². The molecule has 0 saturated heterocycles. The molecule has 0 bridgehead atoms. The summed E-state index contributed by atoms with van der Waals surface area (Å²) in [5.41, 5.74) is 1.93. The van der Waals surface area contributed by atoms with Gasteiger partial charge < -0.3 is 9.72 Å². The topological polar surface area (TPSA) is 80.4 Å². The van der Waals surface area contributed by atoms with E-state index in [9.17, 15) is 9.59 Å². The summed E-state index contributed by atoms with van der Waals surface area (Å²) >= 11 is 0. The molecule has 0 radical (unpaired) electrons. The van der Waals surface area contributed by atoms with Gasteiger partial charge in [-0.25, -0.2) is 5.48 Å². The maximum absolute atomic E-state index is 11.8. The van der Waals surface area contributed by atoms with E-state index in [2.05, 4.69) is 15.3 Å². The van der Waals surface area contributed by atoms with Crippen molar-refractivity contribution < 1.29 is 14.4 Å². The van der Waals surface area contributed by atoms with Crippen LogP contribution in [-0.4, -0.2) is 25.1 Å². The van der Waals surface area contributed by atoms with Crippen molar-refractivity contribution in [1.82, 2.24) is 10.5 Å². The van der Waals surface area contributed by atoms with Crippen molar-refractivity contribution in [2.75, 3.05) is 14.2 Å². The summed E-state index contributed by atoms with van der Waals surface area (Å²) in [4.78, 5) is 30.3. The maximum Gasteiger partial charge on any atom is 0.291 e. The third-order valence-corrected chi connectivity index (χ3v) is 2.49. The monoisotopic (exact) mass is 248 g/mol. The van der Waals surface area contributed by atoms with Gasteiger partial charge in [-0.15, -0.1) is 0 Å². The van der Waals surface area contributed by atoms with E-state index in [0.29, 0.717) is 16.5 Å². The first-order valence-corrected chi connectivity index (χ1v) is 5.20. The van der Waals surface area contributed by atoms with Gasteiger partial charge in [-0.3, -0.25) is 14.4 Å². The van der Waals surface area contributed by atoms with Crippen LogP contribution in [0.1, 0.15) is 10.5 Å². The van der Waals surface area contributed by atoms with Crippen molar-refractivity contribution >= 4 is 16.7 Å². The lowest BCUT2D eigenvalue weighted by Crippen LogP contribution is -2.25. The maximum atomic E-state index is 11.8. The molecule has 0 aliphatic rings. The molecule has 0 aliphatic carbocycles. The molecule has 2 aromatic rings. The lowest BCUT2D eigenvalue weighted by Gasteiger charge is -2.05. The highest BCUT2D eigenvalue weighted by atomic mass is 16.6. The highest BCUT2D eigenvalue weighted by Crippen LogP contribution is 2.18. The number of methoxy groups -OCH3 is 1. The molecule has 2 N–H and O–H groups in total. The zero-order valence-corrected chi connectivity index (χ0v) is 9.94. The highest BCUT2D eigenvalue weighted by Gasteiger charge is 2.09. The first kappa shape index (κ1) is 12.1. The smallest absolute Gasteiger partial charge is 0.291 e. The SMILES string of the molecule is CONC(=O)c1cc2cc(OC)ccc2c(=O)[nH]1. The van der Waals surface area contributed by atoms with Crippen LogP contribution >= 0.6 is 0 Å². The fourth-order valence-electron chi connectivity index (χ4n) is 1.65. The van der Waals surface area contributed by atoms with E-state index in [1.165, 1.54) is 14.2 Å². The largest absolute Gasteiger partial charge is 0.497 e. The number of H-pyrrole nitrogens is 1. The van der Waals surface area contributed by atoms with Gasteiger partial charge in [0.15, 0.2) is 0 Å². The molecular weight excluding hydrogens is 236 g/mol. The van der Waals surface area contributed by atoms with E-state index in [4.69, 9.17) is 4.74 Å². The molecule has 0 aliphatic heterocycles. The van der Waals surface area contributed by atoms with Crippen LogP contribution in [0.4, 0.5) is 0 Å². The fraction of sp³-hybridized carbons (Fsp3) is 0.167. The Morgan fingerprint density at radius 1 is 1.28 bits per heavy atom. The second kappa shape index (κ2) is 4.89. The number of aromatic nitrogens is 1. The predicted molar refractivity (Wildman–Crippen MR) is 65.6 cm³/mol. The predicted octanol–water partition coefficient (Wildman–Crippen LogP) is 0.828. The molecule has 1 amide bonds. The fourth-order valence-corrected chi connectivity index (χ4v) is 1.65. The van der Waals surface area contributed by atoms with E-state index in [-0.39, 0.29) is 11.3 Å². The highest BCUT2D eigenvalue weighted by molar-refractivity contribution is 5.96. The summed E-state index contributed by atoms with van der Waals surface area (Å²) < 4.78 is 5.07. The number of benzene rings is 1. The van der Waals surface area contributed by atoms with Crippen LogP contribution in [0.15, 0.2) is 29.1 Å². The van der Waals surface area contributed by atoms with Crippen molar-refractivity contribution in [3.8, 4) is 5.75 Å². The number of hydroxylamine groups is 1. The lowest BCUT2D eigenvalue weighted by atomic mass is 10.1. The molecule has 0 unspecified atom stereocenters. The van der Waals surface area contributed by atoms with Gasteiger partial charge in [0.1, 0.15) is 11.4 Å². The Balaban J connectivity index is 2.59. The summed E-state index contributed by atoms with van der Waals surface area (Å²) in [6.07, 6.45) is 0. The lowest BCUT2D eigenvalue weighted by molar-refractivity contribution is 0.0532. The number of ether oxygens (including phenoxy) is 1. The van der Waals surface area contributed by atoms with Gasteiger partial charge in [-0.2, -0.15) is 0 Å². The van der Waals surface area contributed by atoms with Crippen LogP contribution in [0.3, 0.4) is 0 Å². The van der Waals surface area contributed by atoms with Gasteiger partial charge in [-0.1, -0.05) is 0 Å². The Morgan fingerprint density at radius 3 is 2.72 bits per heavy atom. The molecule has 1 aromatic carbocycles. The number of pyridine rings is 1. The molecule has 6 heteroatoms. The number of carbonyl (C=O) groups excluding carboxylic acids is 1. The Labute approximate surface area is 102 Å². The Hall–Kier alpha value is -2.34. The second-order valence-corrected chi connectivity index (χ2v) is 3.60. The molecule has 0 atom stereocenters. The van der Waals surface area contributed by atoms with Crippen LogP contribution in [0.5, 0.6) is 5.75 Å². The minimum Gasteiger partial charge on any atom is -0.497 e.